The minimum absolute atomic E-state index is 0.0611. The molecule has 1 heterocycles. The molecule has 0 aliphatic rings. The van der Waals surface area contributed by atoms with Crippen LogP contribution in [0.15, 0.2) is 18.5 Å². The fourth-order valence-electron chi connectivity index (χ4n) is 1.13. The third-order valence-corrected chi connectivity index (χ3v) is 1.89. The third-order valence-electron chi connectivity index (χ3n) is 1.89. The first kappa shape index (κ1) is 14.4. The number of rotatable bonds is 5. The van der Waals surface area contributed by atoms with Crippen molar-refractivity contribution in [2.24, 2.45) is 0 Å². The van der Waals surface area contributed by atoms with E-state index < -0.39 is 24.6 Å². The monoisotopic (exact) mass is 268 g/mol. The number of aromatic nitrogens is 1. The molecule has 0 radical (unpaired) electrons. The van der Waals surface area contributed by atoms with Gasteiger partial charge in [0.05, 0.1) is 12.8 Å². The Labute approximate surface area is 108 Å². The highest BCUT2D eigenvalue weighted by Crippen LogP contribution is 2.15. The highest BCUT2D eigenvalue weighted by atomic mass is 16.5. The van der Waals surface area contributed by atoms with Crippen LogP contribution in [0.4, 0.5) is 4.79 Å². The van der Waals surface area contributed by atoms with Crippen LogP contribution in [-0.2, 0) is 9.53 Å². The van der Waals surface area contributed by atoms with Crippen molar-refractivity contribution in [2.75, 3.05) is 13.2 Å². The third kappa shape index (κ3) is 4.62. The molecule has 8 heteroatoms. The van der Waals surface area contributed by atoms with Crippen molar-refractivity contribution < 1.29 is 29.0 Å². The first-order valence-electron chi connectivity index (χ1n) is 5.31. The van der Waals surface area contributed by atoms with Crippen molar-refractivity contribution in [3.8, 4) is 5.75 Å². The number of nitrogens with one attached hydrogen (secondary N) is 1. The second-order valence-electron chi connectivity index (χ2n) is 3.23. The number of pyridine rings is 1. The van der Waals surface area contributed by atoms with Crippen LogP contribution in [0.1, 0.15) is 17.3 Å². The quantitative estimate of drug-likeness (QED) is 0.795. The van der Waals surface area contributed by atoms with Crippen molar-refractivity contribution in [3.05, 3.63) is 24.0 Å². The zero-order valence-corrected chi connectivity index (χ0v) is 10.1. The van der Waals surface area contributed by atoms with Crippen LogP contribution >= 0.6 is 0 Å². The largest absolute Gasteiger partial charge is 0.481 e. The number of hydrogen-bond acceptors (Lipinski definition) is 6. The van der Waals surface area contributed by atoms with Crippen LogP contribution in [0.25, 0.3) is 0 Å². The standard InChI is InChI=1S/C11H12N2O6/c1-2-18-11(17)13-9(14)6-19-8-5-12-4-3-7(8)10(15)16/h3-5H,2,6H2,1H3,(H,15,16)(H,13,14,17). The van der Waals surface area contributed by atoms with E-state index in [1.807, 2.05) is 5.32 Å². The predicted octanol–water partition coefficient (Wildman–Crippen LogP) is 0.431. The summed E-state index contributed by atoms with van der Waals surface area (Å²) in [5.41, 5.74) is -0.126. The average Bonchev–Trinajstić information content (AvgIpc) is 2.36. The number of hydrogen-bond donors (Lipinski definition) is 2. The molecule has 19 heavy (non-hydrogen) atoms. The number of amides is 2. The molecule has 2 amide bonds. The molecule has 0 bridgehead atoms. The summed E-state index contributed by atoms with van der Waals surface area (Å²) in [6.07, 6.45) is 1.57. The maximum Gasteiger partial charge on any atom is 0.413 e. The van der Waals surface area contributed by atoms with Crippen LogP contribution < -0.4 is 10.1 Å². The number of carbonyl (C=O) groups excluding carboxylic acids is 2. The van der Waals surface area contributed by atoms with Crippen molar-refractivity contribution >= 4 is 18.0 Å². The molecule has 0 aromatic carbocycles. The summed E-state index contributed by atoms with van der Waals surface area (Å²) in [5.74, 6) is -2.02. The van der Waals surface area contributed by atoms with E-state index in [0.717, 1.165) is 0 Å². The summed E-state index contributed by atoms with van der Waals surface area (Å²) in [4.78, 5) is 36.7. The molecule has 8 nitrogen and oxygen atoms in total. The summed E-state index contributed by atoms with van der Waals surface area (Å²) in [6.45, 7) is 1.20. The van der Waals surface area contributed by atoms with Crippen molar-refractivity contribution in [1.82, 2.24) is 10.3 Å². The van der Waals surface area contributed by atoms with Crippen LogP contribution in [0.2, 0.25) is 0 Å². The molecule has 1 rings (SSSR count). The van der Waals surface area contributed by atoms with Gasteiger partial charge in [0.25, 0.3) is 5.91 Å². The number of ether oxygens (including phenoxy) is 2. The summed E-state index contributed by atoms with van der Waals surface area (Å²) in [7, 11) is 0. The molecular formula is C11H12N2O6. The normalized spacial score (nSPS) is 9.53. The summed E-state index contributed by atoms with van der Waals surface area (Å²) >= 11 is 0. The van der Waals surface area contributed by atoms with E-state index >= 15 is 0 Å². The second kappa shape index (κ2) is 6.94. The van der Waals surface area contributed by atoms with E-state index in [1.54, 1.807) is 6.92 Å². The lowest BCUT2D eigenvalue weighted by atomic mass is 10.2. The first-order chi connectivity index (χ1) is 9.04. The smallest absolute Gasteiger partial charge is 0.413 e. The number of nitrogens with zero attached hydrogens (tertiary/aromatic N) is 1. The fourth-order valence-corrected chi connectivity index (χ4v) is 1.13. The Bertz CT molecular complexity index is 488. The van der Waals surface area contributed by atoms with Gasteiger partial charge in [-0.25, -0.2) is 9.59 Å². The van der Waals surface area contributed by atoms with Crippen LogP contribution in [0.5, 0.6) is 5.75 Å². The Morgan fingerprint density at radius 1 is 1.42 bits per heavy atom. The molecule has 102 valence electrons. The Balaban J connectivity index is 2.55. The van der Waals surface area contributed by atoms with Gasteiger partial charge in [-0.05, 0) is 13.0 Å². The van der Waals surface area contributed by atoms with Gasteiger partial charge in [0.15, 0.2) is 12.4 Å². The molecule has 0 aliphatic carbocycles. The van der Waals surface area contributed by atoms with Crippen LogP contribution in [0, 0.1) is 0 Å². The van der Waals surface area contributed by atoms with Crippen LogP contribution in [0.3, 0.4) is 0 Å². The zero-order chi connectivity index (χ0) is 14.3. The molecule has 0 fully saturated rings. The highest BCUT2D eigenvalue weighted by molar-refractivity contribution is 5.93. The second-order valence-corrected chi connectivity index (χ2v) is 3.23. The summed E-state index contributed by atoms with van der Waals surface area (Å²) in [6, 6.07) is 1.24. The number of alkyl carbamates (subject to hydrolysis) is 1. The van der Waals surface area contributed by atoms with Gasteiger partial charge in [-0.2, -0.15) is 0 Å². The maximum absolute atomic E-state index is 11.3. The van der Waals surface area contributed by atoms with Crippen molar-refractivity contribution in [1.29, 1.82) is 0 Å². The zero-order valence-electron chi connectivity index (χ0n) is 10.1. The number of carboxylic acids is 1. The minimum atomic E-state index is -1.21. The molecule has 0 saturated heterocycles. The SMILES string of the molecule is CCOC(=O)NC(=O)COc1cnccc1C(=O)O. The molecule has 1 aromatic rings. The Hall–Kier alpha value is -2.64. The number of imide groups is 1. The molecule has 0 saturated carbocycles. The number of carboxylic acid groups (broad SMARTS) is 1. The van der Waals surface area contributed by atoms with Gasteiger partial charge in [0.1, 0.15) is 5.56 Å². The molecule has 0 unspecified atom stereocenters. The highest BCUT2D eigenvalue weighted by Gasteiger charge is 2.13. The van der Waals surface area contributed by atoms with Gasteiger partial charge >= 0.3 is 12.1 Å². The average molecular weight is 268 g/mol. The first-order valence-corrected chi connectivity index (χ1v) is 5.31. The lowest BCUT2D eigenvalue weighted by molar-refractivity contribution is -0.122. The molecule has 2 N–H and O–H groups in total. The van der Waals surface area contributed by atoms with Gasteiger partial charge in [0.2, 0.25) is 0 Å². The number of aromatic carboxylic acids is 1. The van der Waals surface area contributed by atoms with Gasteiger partial charge in [-0.15, -0.1) is 0 Å². The van der Waals surface area contributed by atoms with Gasteiger partial charge in [-0.3, -0.25) is 15.1 Å². The van der Waals surface area contributed by atoms with Crippen molar-refractivity contribution in [3.63, 3.8) is 0 Å². The Morgan fingerprint density at radius 3 is 2.79 bits per heavy atom. The van der Waals surface area contributed by atoms with Gasteiger partial charge < -0.3 is 14.6 Å². The topological polar surface area (TPSA) is 115 Å². The fraction of sp³-hybridized carbons (Fsp3) is 0.273. The summed E-state index contributed by atoms with van der Waals surface area (Å²) in [5, 5.41) is 10.8. The number of carbonyl (C=O) groups is 3. The van der Waals surface area contributed by atoms with E-state index in [4.69, 9.17) is 9.84 Å². The predicted molar refractivity (Wildman–Crippen MR) is 61.9 cm³/mol. The van der Waals surface area contributed by atoms with E-state index in [2.05, 4.69) is 9.72 Å². The molecule has 0 aliphatic heterocycles. The Morgan fingerprint density at radius 2 is 2.16 bits per heavy atom. The Kier molecular flexibility index (Phi) is 5.27. The van der Waals surface area contributed by atoms with Crippen LogP contribution in [-0.4, -0.2) is 41.3 Å². The lowest BCUT2D eigenvalue weighted by Crippen LogP contribution is -2.34. The molecular weight excluding hydrogens is 256 g/mol. The van der Waals surface area contributed by atoms with Crippen molar-refractivity contribution in [2.45, 2.75) is 6.92 Å². The van der Waals surface area contributed by atoms with Gasteiger partial charge in [0, 0.05) is 6.20 Å². The minimum Gasteiger partial charge on any atom is -0.481 e. The van der Waals surface area contributed by atoms with Gasteiger partial charge in [-0.1, -0.05) is 0 Å². The summed E-state index contributed by atoms with van der Waals surface area (Å²) < 4.78 is 9.47. The lowest BCUT2D eigenvalue weighted by Gasteiger charge is -2.08. The molecule has 0 spiro atoms. The molecule has 0 atom stereocenters. The van der Waals surface area contributed by atoms with E-state index in [-0.39, 0.29) is 17.9 Å². The maximum atomic E-state index is 11.3. The molecule has 1 aromatic heterocycles. The van der Waals surface area contributed by atoms with E-state index in [0.29, 0.717) is 0 Å². The van der Waals surface area contributed by atoms with E-state index in [9.17, 15) is 14.4 Å². The van der Waals surface area contributed by atoms with E-state index in [1.165, 1.54) is 18.5 Å².